The van der Waals surface area contributed by atoms with Crippen molar-refractivity contribution in [1.29, 1.82) is 0 Å². The number of nitrogens with one attached hydrogen (secondary N) is 2. The fourth-order valence-corrected chi connectivity index (χ4v) is 4.28. The Kier molecular flexibility index (Phi) is 6.14. The minimum atomic E-state index is -0.106. The first kappa shape index (κ1) is 19.9. The van der Waals surface area contributed by atoms with Gasteiger partial charge in [0.05, 0.1) is 0 Å². The highest BCUT2D eigenvalue weighted by Crippen LogP contribution is 2.41. The summed E-state index contributed by atoms with van der Waals surface area (Å²) in [5.74, 6) is 0.975. The van der Waals surface area contributed by atoms with Crippen molar-refractivity contribution < 1.29 is 4.39 Å². The van der Waals surface area contributed by atoms with Crippen LogP contribution in [0.5, 0.6) is 0 Å². The topological polar surface area (TPSA) is 39.7 Å². The molecule has 4 nitrogen and oxygen atoms in total. The summed E-state index contributed by atoms with van der Waals surface area (Å²) in [4.78, 5) is 6.93. The lowest BCUT2D eigenvalue weighted by atomic mass is 10.0. The van der Waals surface area contributed by atoms with Gasteiger partial charge in [-0.2, -0.15) is 0 Å². The third kappa shape index (κ3) is 4.96. The Bertz CT molecular complexity index is 857. The lowest BCUT2D eigenvalue weighted by molar-refractivity contribution is 0.198. The van der Waals surface area contributed by atoms with Crippen LogP contribution in [0.4, 0.5) is 4.39 Å². The summed E-state index contributed by atoms with van der Waals surface area (Å²) < 4.78 is 14.0. The third-order valence-corrected chi connectivity index (χ3v) is 6.22. The van der Waals surface area contributed by atoms with Crippen LogP contribution in [0.25, 0.3) is 0 Å². The molecule has 2 unspecified atom stereocenters. The molecule has 2 aromatic carbocycles. The minimum Gasteiger partial charge on any atom is -0.354 e. The first-order valence-corrected chi connectivity index (χ1v) is 10.6. The minimum absolute atomic E-state index is 0.106. The smallest absolute Gasteiger partial charge is 0.191 e. The summed E-state index contributed by atoms with van der Waals surface area (Å²) in [6.45, 7) is 5.39. The summed E-state index contributed by atoms with van der Waals surface area (Å²) in [5.41, 5.74) is 3.60. The van der Waals surface area contributed by atoms with Gasteiger partial charge in [0.1, 0.15) is 5.82 Å². The van der Waals surface area contributed by atoms with Gasteiger partial charge in [0, 0.05) is 44.7 Å². The monoisotopic (exact) mass is 394 g/mol. The fourth-order valence-electron chi connectivity index (χ4n) is 4.28. The van der Waals surface area contributed by atoms with Crippen LogP contribution in [0.15, 0.2) is 53.5 Å². The fraction of sp³-hybridized carbons (Fsp3) is 0.458. The molecule has 0 spiro atoms. The number of piperidine rings is 1. The van der Waals surface area contributed by atoms with Crippen molar-refractivity contribution >= 4 is 5.96 Å². The molecule has 5 heteroatoms. The zero-order valence-corrected chi connectivity index (χ0v) is 17.4. The molecule has 1 heterocycles. The Morgan fingerprint density at radius 3 is 2.52 bits per heavy atom. The van der Waals surface area contributed by atoms with Crippen molar-refractivity contribution in [2.45, 2.75) is 50.7 Å². The van der Waals surface area contributed by atoms with E-state index in [-0.39, 0.29) is 17.8 Å². The molecule has 154 valence electrons. The van der Waals surface area contributed by atoms with Crippen LogP contribution in [-0.2, 0) is 6.54 Å². The third-order valence-electron chi connectivity index (χ3n) is 6.22. The van der Waals surface area contributed by atoms with E-state index in [4.69, 9.17) is 0 Å². The second kappa shape index (κ2) is 8.95. The molecular formula is C24H31FN4. The van der Waals surface area contributed by atoms with E-state index >= 15 is 0 Å². The van der Waals surface area contributed by atoms with Crippen molar-refractivity contribution in [2.75, 3.05) is 20.1 Å². The molecule has 2 aliphatic rings. The molecule has 1 saturated heterocycles. The van der Waals surface area contributed by atoms with Crippen LogP contribution >= 0.6 is 0 Å². The molecular weight excluding hydrogens is 363 g/mol. The summed E-state index contributed by atoms with van der Waals surface area (Å²) in [6.07, 6.45) is 3.17. The van der Waals surface area contributed by atoms with Crippen molar-refractivity contribution in [2.24, 2.45) is 4.99 Å². The lowest BCUT2D eigenvalue weighted by Gasteiger charge is -2.33. The summed E-state index contributed by atoms with van der Waals surface area (Å²) in [5, 5.41) is 7.06. The van der Waals surface area contributed by atoms with Gasteiger partial charge < -0.3 is 10.6 Å². The maximum absolute atomic E-state index is 14.0. The van der Waals surface area contributed by atoms with Crippen LogP contribution in [0.1, 0.15) is 41.9 Å². The number of aliphatic imine (C=N–C) groups is 1. The zero-order valence-electron chi connectivity index (χ0n) is 17.4. The van der Waals surface area contributed by atoms with Crippen LogP contribution in [0.3, 0.4) is 0 Å². The Morgan fingerprint density at radius 1 is 1.07 bits per heavy atom. The quantitative estimate of drug-likeness (QED) is 0.598. The van der Waals surface area contributed by atoms with Crippen LogP contribution in [0, 0.1) is 12.7 Å². The number of hydrogen-bond acceptors (Lipinski definition) is 2. The van der Waals surface area contributed by atoms with Crippen molar-refractivity contribution in [3.8, 4) is 0 Å². The Hall–Kier alpha value is -2.40. The van der Waals surface area contributed by atoms with Crippen molar-refractivity contribution in [3.63, 3.8) is 0 Å². The molecule has 4 rings (SSSR count). The van der Waals surface area contributed by atoms with Crippen LogP contribution < -0.4 is 10.6 Å². The van der Waals surface area contributed by atoms with Gasteiger partial charge in [0.15, 0.2) is 5.96 Å². The van der Waals surface area contributed by atoms with Gasteiger partial charge in [-0.3, -0.25) is 9.89 Å². The van der Waals surface area contributed by atoms with E-state index in [1.807, 2.05) is 19.2 Å². The first-order chi connectivity index (χ1) is 14.1. The summed E-state index contributed by atoms with van der Waals surface area (Å²) in [6, 6.07) is 16.4. The molecule has 0 amide bonds. The highest BCUT2D eigenvalue weighted by molar-refractivity contribution is 5.80. The standard InChI is InChI=1S/C24H31FN4/c1-17-7-3-4-8-18(17)16-29-13-11-19(12-14-29)27-24(26-2)28-23-15-21(23)20-9-5-6-10-22(20)25/h3-10,19,21,23H,11-16H2,1-2H3,(H2,26,27,28). The molecule has 0 radical (unpaired) electrons. The van der Waals surface area contributed by atoms with E-state index < -0.39 is 0 Å². The second-order valence-corrected chi connectivity index (χ2v) is 8.31. The van der Waals surface area contributed by atoms with E-state index in [1.54, 1.807) is 12.1 Å². The molecule has 0 aromatic heterocycles. The predicted octanol–water partition coefficient (Wildman–Crippen LogP) is 3.82. The van der Waals surface area contributed by atoms with E-state index in [1.165, 1.54) is 11.1 Å². The number of benzene rings is 2. The number of halogens is 1. The zero-order chi connectivity index (χ0) is 20.2. The van der Waals surface area contributed by atoms with Crippen molar-refractivity contribution in [3.05, 3.63) is 71.0 Å². The molecule has 1 aliphatic heterocycles. The first-order valence-electron chi connectivity index (χ1n) is 10.6. The molecule has 2 fully saturated rings. The van der Waals surface area contributed by atoms with Gasteiger partial charge in [0.2, 0.25) is 0 Å². The average molecular weight is 395 g/mol. The van der Waals surface area contributed by atoms with Gasteiger partial charge in [-0.1, -0.05) is 42.5 Å². The molecule has 2 N–H and O–H groups in total. The number of guanidine groups is 1. The van der Waals surface area contributed by atoms with Crippen LogP contribution in [0.2, 0.25) is 0 Å². The van der Waals surface area contributed by atoms with E-state index in [0.29, 0.717) is 6.04 Å². The molecule has 29 heavy (non-hydrogen) atoms. The van der Waals surface area contributed by atoms with Gasteiger partial charge in [-0.25, -0.2) is 4.39 Å². The molecule has 1 aliphatic carbocycles. The number of rotatable bonds is 5. The molecule has 1 saturated carbocycles. The molecule has 2 atom stereocenters. The molecule has 2 aromatic rings. The van der Waals surface area contributed by atoms with Gasteiger partial charge >= 0.3 is 0 Å². The van der Waals surface area contributed by atoms with E-state index in [2.05, 4.69) is 51.7 Å². The molecule has 0 bridgehead atoms. The number of hydrogen-bond donors (Lipinski definition) is 2. The Labute approximate surface area is 173 Å². The summed E-state index contributed by atoms with van der Waals surface area (Å²) in [7, 11) is 1.81. The van der Waals surface area contributed by atoms with Gasteiger partial charge in [0.25, 0.3) is 0 Å². The van der Waals surface area contributed by atoms with Crippen molar-refractivity contribution in [1.82, 2.24) is 15.5 Å². The van der Waals surface area contributed by atoms with Gasteiger partial charge in [-0.05, 0) is 48.9 Å². The van der Waals surface area contributed by atoms with Gasteiger partial charge in [-0.15, -0.1) is 0 Å². The highest BCUT2D eigenvalue weighted by Gasteiger charge is 2.40. The highest BCUT2D eigenvalue weighted by atomic mass is 19.1. The second-order valence-electron chi connectivity index (χ2n) is 8.31. The SMILES string of the molecule is CN=C(NC1CCN(Cc2ccccc2C)CC1)NC1CC1c1ccccc1F. The Morgan fingerprint density at radius 2 is 1.79 bits per heavy atom. The predicted molar refractivity (Wildman–Crippen MR) is 117 cm³/mol. The van der Waals surface area contributed by atoms with E-state index in [0.717, 1.165) is 50.4 Å². The normalized spacial score (nSPS) is 23.1. The Balaban J connectivity index is 1.24. The number of aryl methyl sites for hydroxylation is 1. The average Bonchev–Trinajstić information content (AvgIpc) is 3.49. The van der Waals surface area contributed by atoms with E-state index in [9.17, 15) is 4.39 Å². The summed E-state index contributed by atoms with van der Waals surface area (Å²) >= 11 is 0. The lowest BCUT2D eigenvalue weighted by Crippen LogP contribution is -2.49. The van der Waals surface area contributed by atoms with Crippen LogP contribution in [-0.4, -0.2) is 43.1 Å². The number of likely N-dealkylation sites (tertiary alicyclic amines) is 1. The number of nitrogens with zero attached hydrogens (tertiary/aromatic N) is 2. The maximum Gasteiger partial charge on any atom is 0.191 e. The largest absolute Gasteiger partial charge is 0.354 e. The maximum atomic E-state index is 14.0.